The summed E-state index contributed by atoms with van der Waals surface area (Å²) in [6.45, 7) is 0. The van der Waals surface area contributed by atoms with Crippen LogP contribution in [0.25, 0.3) is 0 Å². The summed E-state index contributed by atoms with van der Waals surface area (Å²) in [7, 11) is 0. The maximum absolute atomic E-state index is 8.44. The molecule has 0 amide bonds. The van der Waals surface area contributed by atoms with E-state index in [1.807, 2.05) is 0 Å². The van der Waals surface area contributed by atoms with Gasteiger partial charge in [0.25, 0.3) is 0 Å². The van der Waals surface area contributed by atoms with Crippen molar-refractivity contribution in [2.45, 2.75) is 0 Å². The summed E-state index contributed by atoms with van der Waals surface area (Å²) in [6, 6.07) is 0. The minimum absolute atomic E-state index is 0. The molecule has 0 atom stereocenters. The second-order valence-corrected chi connectivity index (χ2v) is 0.612. The van der Waals surface area contributed by atoms with Crippen LogP contribution in [0.15, 0.2) is 0 Å². The first-order valence-corrected chi connectivity index (χ1v) is 1.50. The van der Waals surface area contributed by atoms with Crippen molar-refractivity contribution >= 4 is 23.8 Å². The van der Waals surface area contributed by atoms with Crippen LogP contribution in [0.5, 0.6) is 0 Å². The second-order valence-electron chi connectivity index (χ2n) is 0.204. The first-order valence-electron chi connectivity index (χ1n) is 0.500. The van der Waals surface area contributed by atoms with Crippen LogP contribution in [0.4, 0.5) is 0 Å². The Morgan fingerprint density at radius 3 is 1.14 bits per heavy atom. The molecule has 0 bridgehead atoms. The van der Waals surface area contributed by atoms with Crippen molar-refractivity contribution in [2.24, 2.45) is 0 Å². The number of halogens is 1. The van der Waals surface area contributed by atoms with E-state index in [0.717, 1.165) is 0 Å². The van der Waals surface area contributed by atoms with Gasteiger partial charge in [-0.1, -0.05) is 0 Å². The smallest absolute Gasteiger partial charge is 0.784 e. The van der Waals surface area contributed by atoms with Gasteiger partial charge < -0.3 is 9.11 Å². The van der Waals surface area contributed by atoms with E-state index in [2.05, 4.69) is 0 Å². The van der Waals surface area contributed by atoms with Crippen molar-refractivity contribution in [3.05, 3.63) is 0 Å². The fourth-order valence-electron chi connectivity index (χ4n) is 0. The van der Waals surface area contributed by atoms with Crippen molar-refractivity contribution in [3.8, 4) is 0 Å². The van der Waals surface area contributed by atoms with Crippen LogP contribution in [0.3, 0.4) is 0 Å². The normalized spacial score (nSPS) is 5.00. The molecule has 0 aliphatic heterocycles. The Labute approximate surface area is 94.7 Å². The minimum Gasteiger partial charge on any atom is -0.784 e. The second kappa shape index (κ2) is 15.8. The molecular weight excluding hydrogens is 161 g/mol. The molecule has 0 aromatic rings. The molecule has 0 aromatic carbocycles. The molecule has 0 N–H and O–H groups in total. The van der Waals surface area contributed by atoms with Crippen molar-refractivity contribution in [1.82, 2.24) is 0 Å². The molecule has 7 heavy (non-hydrogen) atoms. The van der Waals surface area contributed by atoms with Crippen molar-refractivity contribution in [2.75, 3.05) is 0 Å². The molecule has 0 radical (unpaired) electrons. The van der Waals surface area contributed by atoms with E-state index in [4.69, 9.17) is 13.3 Å². The number of rotatable bonds is 0. The summed E-state index contributed by atoms with van der Waals surface area (Å²) >= 11 is -3.11. The molecule has 7 heteroatoms. The summed E-state index contributed by atoms with van der Waals surface area (Å²) in [6.07, 6.45) is 0. The van der Waals surface area contributed by atoms with Gasteiger partial charge in [0.1, 0.15) is 0 Å². The molecular formula is HClNa2O3S. The standard InChI is InChI=1S/ClH.2Na.H2O3S/c;;;1-4(2)3/h1H;;;(H2,1,2,3)/q;2*+1;/p-2. The van der Waals surface area contributed by atoms with Crippen molar-refractivity contribution < 1.29 is 72.4 Å². The zero-order chi connectivity index (χ0) is 3.58. The molecule has 0 saturated carbocycles. The topological polar surface area (TPSA) is 63.2 Å². The third kappa shape index (κ3) is 60.7. The monoisotopic (exact) mass is 162 g/mol. The fraction of sp³-hybridized carbons (Fsp3) is 0. The summed E-state index contributed by atoms with van der Waals surface area (Å²) < 4.78 is 25.3. The van der Waals surface area contributed by atoms with E-state index >= 15 is 0 Å². The Morgan fingerprint density at radius 1 is 1.14 bits per heavy atom. The van der Waals surface area contributed by atoms with Gasteiger partial charge in [-0.15, -0.1) is 23.8 Å². The Kier molecular flexibility index (Phi) is 51.3. The van der Waals surface area contributed by atoms with Crippen LogP contribution in [0, 0.1) is 0 Å². The molecule has 0 aliphatic rings. The zero-order valence-electron chi connectivity index (χ0n) is 4.04. The molecule has 3 nitrogen and oxygen atoms in total. The minimum atomic E-state index is -3.11. The van der Waals surface area contributed by atoms with E-state index in [-0.39, 0.29) is 71.5 Å². The van der Waals surface area contributed by atoms with Gasteiger partial charge in [-0.05, 0) is 0 Å². The summed E-state index contributed by atoms with van der Waals surface area (Å²) in [4.78, 5) is 0. The van der Waals surface area contributed by atoms with Gasteiger partial charge in [-0.2, -0.15) is 0 Å². The van der Waals surface area contributed by atoms with Crippen molar-refractivity contribution in [3.63, 3.8) is 0 Å². The van der Waals surface area contributed by atoms with Crippen LogP contribution < -0.4 is 59.1 Å². The molecule has 0 spiro atoms. The quantitative estimate of drug-likeness (QED) is 0.263. The summed E-state index contributed by atoms with van der Waals surface area (Å²) in [5.41, 5.74) is 0. The number of hydrogen-bond acceptors (Lipinski definition) is 3. The third-order valence-electron chi connectivity index (χ3n) is 0. The van der Waals surface area contributed by atoms with Gasteiger partial charge in [0.2, 0.25) is 0 Å². The maximum Gasteiger partial charge on any atom is 1.00 e. The predicted molar refractivity (Wildman–Crippen MR) is 16.9 cm³/mol. The van der Waals surface area contributed by atoms with E-state index in [0.29, 0.717) is 0 Å². The Balaban J connectivity index is -0.0000000150. The van der Waals surface area contributed by atoms with Gasteiger partial charge >= 0.3 is 59.1 Å². The van der Waals surface area contributed by atoms with Crippen molar-refractivity contribution in [1.29, 1.82) is 0 Å². The maximum atomic E-state index is 8.44. The summed E-state index contributed by atoms with van der Waals surface area (Å²) in [5.74, 6) is 0. The molecule has 0 unspecified atom stereocenters. The third-order valence-corrected chi connectivity index (χ3v) is 0. The molecule has 0 fully saturated rings. The van der Waals surface area contributed by atoms with Crippen LogP contribution in [0.1, 0.15) is 0 Å². The van der Waals surface area contributed by atoms with Crippen LogP contribution in [-0.2, 0) is 11.4 Å². The van der Waals surface area contributed by atoms with Crippen LogP contribution in [0.2, 0.25) is 0 Å². The van der Waals surface area contributed by atoms with E-state index in [9.17, 15) is 0 Å². The SMILES string of the molecule is Cl.O=S([O-])[O-].[Na+].[Na+]. The number of hydrogen-bond donors (Lipinski definition) is 0. The molecule has 0 rings (SSSR count). The molecule has 0 aliphatic carbocycles. The Hall–Kier alpha value is 2.36. The molecule has 0 aromatic heterocycles. The Morgan fingerprint density at radius 2 is 1.14 bits per heavy atom. The van der Waals surface area contributed by atoms with Gasteiger partial charge in [0.05, 0.1) is 0 Å². The van der Waals surface area contributed by atoms with E-state index < -0.39 is 11.4 Å². The zero-order valence-corrected chi connectivity index (χ0v) is 9.67. The van der Waals surface area contributed by atoms with Crippen LogP contribution >= 0.6 is 12.4 Å². The first kappa shape index (κ1) is 22.8. The molecule has 0 saturated heterocycles. The van der Waals surface area contributed by atoms with Gasteiger partial charge in [-0.25, -0.2) is 0 Å². The first-order chi connectivity index (χ1) is 1.73. The predicted octanol–water partition coefficient (Wildman–Crippen LogP) is -6.57. The van der Waals surface area contributed by atoms with E-state index in [1.165, 1.54) is 0 Å². The van der Waals surface area contributed by atoms with Crippen LogP contribution in [-0.4, -0.2) is 13.3 Å². The average molecular weight is 163 g/mol. The largest absolute Gasteiger partial charge is 1.00 e. The van der Waals surface area contributed by atoms with E-state index in [1.54, 1.807) is 0 Å². The Bertz CT molecular complexity index is 35.9. The van der Waals surface area contributed by atoms with Gasteiger partial charge in [0, 0.05) is 0 Å². The average Bonchev–Trinajstić information content (AvgIpc) is 0.811. The fourth-order valence-corrected chi connectivity index (χ4v) is 0. The van der Waals surface area contributed by atoms with Gasteiger partial charge in [-0.3, -0.25) is 4.21 Å². The summed E-state index contributed by atoms with van der Waals surface area (Å²) in [5, 5.41) is 0. The molecule has 0 heterocycles. The van der Waals surface area contributed by atoms with Gasteiger partial charge in [0.15, 0.2) is 0 Å². The molecule has 34 valence electrons.